The van der Waals surface area contributed by atoms with Crippen LogP contribution >= 0.6 is 0 Å². The number of tetrazole rings is 1. The third kappa shape index (κ3) is 1.76. The van der Waals surface area contributed by atoms with Crippen molar-refractivity contribution in [3.8, 4) is 0 Å². The molecule has 2 heterocycles. The van der Waals surface area contributed by atoms with Crippen molar-refractivity contribution in [2.24, 2.45) is 0 Å². The number of aromatic nitrogens is 5. The lowest BCUT2D eigenvalue weighted by Gasteiger charge is -1.98. The molecule has 0 spiro atoms. The van der Waals surface area contributed by atoms with E-state index in [1.165, 1.54) is 0 Å². The summed E-state index contributed by atoms with van der Waals surface area (Å²) in [5.74, 6) is 0.254. The summed E-state index contributed by atoms with van der Waals surface area (Å²) < 4.78 is 0. The van der Waals surface area contributed by atoms with Crippen molar-refractivity contribution < 1.29 is 4.79 Å². The SMILES string of the molecule is O=C(NCc1nn[nH]n1)c1ccc[nH]1. The highest BCUT2D eigenvalue weighted by molar-refractivity contribution is 5.92. The number of nitrogens with one attached hydrogen (secondary N) is 3. The number of rotatable bonds is 3. The largest absolute Gasteiger partial charge is 0.357 e. The predicted molar refractivity (Wildman–Crippen MR) is 46.1 cm³/mol. The Morgan fingerprint density at radius 2 is 2.50 bits per heavy atom. The van der Waals surface area contributed by atoms with Gasteiger partial charge in [0.05, 0.1) is 6.54 Å². The number of H-pyrrole nitrogens is 2. The second-order valence-corrected chi connectivity index (χ2v) is 2.59. The molecular formula is C7H8N6O. The Morgan fingerprint density at radius 3 is 3.14 bits per heavy atom. The lowest BCUT2D eigenvalue weighted by Crippen LogP contribution is -2.23. The van der Waals surface area contributed by atoms with E-state index in [0.29, 0.717) is 11.5 Å². The van der Waals surface area contributed by atoms with Crippen LogP contribution in [0.5, 0.6) is 0 Å². The summed E-state index contributed by atoms with van der Waals surface area (Å²) in [5.41, 5.74) is 0.508. The van der Waals surface area contributed by atoms with Crippen LogP contribution in [-0.4, -0.2) is 31.5 Å². The normalized spacial score (nSPS) is 10.0. The fourth-order valence-corrected chi connectivity index (χ4v) is 0.984. The Hall–Kier alpha value is -2.18. The Balaban J connectivity index is 1.90. The molecule has 14 heavy (non-hydrogen) atoms. The van der Waals surface area contributed by atoms with Gasteiger partial charge in [-0.2, -0.15) is 5.21 Å². The molecule has 2 rings (SSSR count). The van der Waals surface area contributed by atoms with Gasteiger partial charge in [0.2, 0.25) is 0 Å². The maximum absolute atomic E-state index is 11.4. The Labute approximate surface area is 78.9 Å². The fourth-order valence-electron chi connectivity index (χ4n) is 0.984. The Kier molecular flexibility index (Phi) is 2.22. The number of hydrogen-bond acceptors (Lipinski definition) is 4. The van der Waals surface area contributed by atoms with Crippen LogP contribution < -0.4 is 5.32 Å². The van der Waals surface area contributed by atoms with Crippen LogP contribution in [-0.2, 0) is 6.54 Å². The standard InChI is InChI=1S/C7H8N6O/c14-7(5-2-1-3-8-5)9-4-6-10-12-13-11-6/h1-3,8H,4H2,(H,9,14)(H,10,11,12,13). The van der Waals surface area contributed by atoms with Crippen molar-refractivity contribution in [1.29, 1.82) is 0 Å². The second kappa shape index (κ2) is 3.69. The zero-order valence-corrected chi connectivity index (χ0v) is 7.19. The van der Waals surface area contributed by atoms with Crippen molar-refractivity contribution >= 4 is 5.91 Å². The summed E-state index contributed by atoms with van der Waals surface area (Å²) in [4.78, 5) is 14.2. The van der Waals surface area contributed by atoms with Crippen LogP contribution in [0.3, 0.4) is 0 Å². The first kappa shape index (κ1) is 8.42. The fraction of sp³-hybridized carbons (Fsp3) is 0.143. The summed E-state index contributed by atoms with van der Waals surface area (Å²) >= 11 is 0. The van der Waals surface area contributed by atoms with E-state index in [1.54, 1.807) is 18.3 Å². The number of nitrogens with zero attached hydrogens (tertiary/aromatic N) is 3. The first-order chi connectivity index (χ1) is 6.86. The number of carbonyl (C=O) groups is 1. The van der Waals surface area contributed by atoms with Crippen LogP contribution in [0.4, 0.5) is 0 Å². The monoisotopic (exact) mass is 192 g/mol. The predicted octanol–water partition coefficient (Wildman–Crippen LogP) is -0.542. The molecule has 0 saturated carbocycles. The van der Waals surface area contributed by atoms with Crippen LogP contribution in [0, 0.1) is 0 Å². The number of hydrogen-bond donors (Lipinski definition) is 3. The quantitative estimate of drug-likeness (QED) is 0.608. The third-order valence-corrected chi connectivity index (χ3v) is 1.64. The van der Waals surface area contributed by atoms with Gasteiger partial charge in [0.25, 0.3) is 5.91 Å². The minimum Gasteiger partial charge on any atom is -0.357 e. The molecule has 0 aliphatic carbocycles. The van der Waals surface area contributed by atoms with E-state index in [9.17, 15) is 4.79 Å². The first-order valence-corrected chi connectivity index (χ1v) is 4.00. The number of carbonyl (C=O) groups excluding carboxylic acids is 1. The molecule has 2 aromatic rings. The number of amides is 1. The molecule has 7 heteroatoms. The van der Waals surface area contributed by atoms with Gasteiger partial charge in [0.1, 0.15) is 5.69 Å². The average Bonchev–Trinajstić information content (AvgIpc) is 2.87. The van der Waals surface area contributed by atoms with Crippen molar-refractivity contribution in [2.45, 2.75) is 6.54 Å². The van der Waals surface area contributed by atoms with E-state index in [0.717, 1.165) is 0 Å². The van der Waals surface area contributed by atoms with Gasteiger partial charge in [-0.25, -0.2) is 0 Å². The van der Waals surface area contributed by atoms with Crippen molar-refractivity contribution in [1.82, 2.24) is 30.9 Å². The minimum atomic E-state index is -0.195. The zero-order valence-electron chi connectivity index (χ0n) is 7.19. The first-order valence-electron chi connectivity index (χ1n) is 4.00. The van der Waals surface area contributed by atoms with Crippen molar-refractivity contribution in [3.05, 3.63) is 29.8 Å². The molecule has 7 nitrogen and oxygen atoms in total. The molecule has 0 aliphatic heterocycles. The molecule has 3 N–H and O–H groups in total. The second-order valence-electron chi connectivity index (χ2n) is 2.59. The van der Waals surface area contributed by atoms with Gasteiger partial charge in [0, 0.05) is 6.20 Å². The van der Waals surface area contributed by atoms with E-state index >= 15 is 0 Å². The third-order valence-electron chi connectivity index (χ3n) is 1.64. The van der Waals surface area contributed by atoms with E-state index in [2.05, 4.69) is 30.9 Å². The molecule has 0 bridgehead atoms. The highest BCUT2D eigenvalue weighted by Gasteiger charge is 2.06. The summed E-state index contributed by atoms with van der Waals surface area (Å²) in [5, 5.41) is 15.7. The van der Waals surface area contributed by atoms with Crippen LogP contribution in [0.15, 0.2) is 18.3 Å². The van der Waals surface area contributed by atoms with Gasteiger partial charge in [-0.1, -0.05) is 5.21 Å². The van der Waals surface area contributed by atoms with Crippen LogP contribution in [0.25, 0.3) is 0 Å². The van der Waals surface area contributed by atoms with Gasteiger partial charge in [-0.3, -0.25) is 4.79 Å². The molecule has 0 atom stereocenters. The van der Waals surface area contributed by atoms with E-state index in [4.69, 9.17) is 0 Å². The van der Waals surface area contributed by atoms with Crippen LogP contribution in [0.1, 0.15) is 16.3 Å². The molecule has 0 aliphatic rings. The molecule has 2 aromatic heterocycles. The van der Waals surface area contributed by atoms with Crippen LogP contribution in [0.2, 0.25) is 0 Å². The topological polar surface area (TPSA) is 99.3 Å². The molecule has 0 fully saturated rings. The average molecular weight is 192 g/mol. The van der Waals surface area contributed by atoms with Gasteiger partial charge in [-0.15, -0.1) is 10.2 Å². The van der Waals surface area contributed by atoms with E-state index in [1.807, 2.05) is 0 Å². The number of aromatic amines is 2. The van der Waals surface area contributed by atoms with Gasteiger partial charge >= 0.3 is 0 Å². The zero-order chi connectivity index (χ0) is 9.80. The lowest BCUT2D eigenvalue weighted by molar-refractivity contribution is 0.0945. The van der Waals surface area contributed by atoms with Gasteiger partial charge in [0.15, 0.2) is 5.82 Å². The molecule has 0 unspecified atom stereocenters. The summed E-state index contributed by atoms with van der Waals surface area (Å²) in [7, 11) is 0. The molecule has 0 radical (unpaired) electrons. The highest BCUT2D eigenvalue weighted by Crippen LogP contribution is 1.94. The van der Waals surface area contributed by atoms with Gasteiger partial charge < -0.3 is 10.3 Å². The smallest absolute Gasteiger partial charge is 0.268 e. The maximum atomic E-state index is 11.4. The van der Waals surface area contributed by atoms with Crippen molar-refractivity contribution in [3.63, 3.8) is 0 Å². The summed E-state index contributed by atoms with van der Waals surface area (Å²) in [6, 6.07) is 3.44. The summed E-state index contributed by atoms with van der Waals surface area (Å²) in [6.45, 7) is 0.258. The molecule has 0 aromatic carbocycles. The van der Waals surface area contributed by atoms with Gasteiger partial charge in [-0.05, 0) is 12.1 Å². The minimum absolute atomic E-state index is 0.195. The lowest BCUT2D eigenvalue weighted by atomic mass is 10.4. The molecule has 72 valence electrons. The van der Waals surface area contributed by atoms with E-state index in [-0.39, 0.29) is 12.5 Å². The van der Waals surface area contributed by atoms with Crippen molar-refractivity contribution in [2.75, 3.05) is 0 Å². The molecule has 1 amide bonds. The Bertz CT molecular complexity index is 392. The highest BCUT2D eigenvalue weighted by atomic mass is 16.1. The Morgan fingerprint density at radius 1 is 1.57 bits per heavy atom. The maximum Gasteiger partial charge on any atom is 0.268 e. The molecular weight excluding hydrogens is 184 g/mol. The van der Waals surface area contributed by atoms with E-state index < -0.39 is 0 Å². The molecule has 0 saturated heterocycles. The summed E-state index contributed by atoms with van der Waals surface area (Å²) in [6.07, 6.45) is 1.68.